The molecule has 0 amide bonds. The zero-order valence-corrected chi connectivity index (χ0v) is 10.3. The van der Waals surface area contributed by atoms with E-state index >= 15 is 0 Å². The Morgan fingerprint density at radius 3 is 2.39 bits per heavy atom. The molecule has 0 heterocycles. The van der Waals surface area contributed by atoms with E-state index in [1.54, 1.807) is 6.07 Å². The van der Waals surface area contributed by atoms with Crippen molar-refractivity contribution in [3.63, 3.8) is 0 Å². The van der Waals surface area contributed by atoms with Crippen LogP contribution in [0.25, 0.3) is 11.1 Å². The van der Waals surface area contributed by atoms with Crippen molar-refractivity contribution in [1.82, 2.24) is 0 Å². The fourth-order valence-corrected chi connectivity index (χ4v) is 1.82. The average molecular weight is 265 g/mol. The second-order valence-electron chi connectivity index (χ2n) is 3.96. The van der Waals surface area contributed by atoms with E-state index < -0.39 is 11.8 Å². The molecule has 0 radical (unpaired) electrons. The highest BCUT2D eigenvalue weighted by atomic mass is 35.5. The van der Waals surface area contributed by atoms with E-state index in [2.05, 4.69) is 0 Å². The first kappa shape index (κ1) is 12.6. The van der Waals surface area contributed by atoms with Crippen molar-refractivity contribution >= 4 is 17.6 Å². The predicted molar refractivity (Wildman–Crippen MR) is 68.5 cm³/mol. The van der Waals surface area contributed by atoms with E-state index in [9.17, 15) is 9.18 Å². The van der Waals surface area contributed by atoms with Crippen molar-refractivity contribution < 1.29 is 14.3 Å². The van der Waals surface area contributed by atoms with Crippen LogP contribution in [0.2, 0.25) is 5.02 Å². The monoisotopic (exact) mass is 264 g/mol. The van der Waals surface area contributed by atoms with Crippen LogP contribution in [-0.4, -0.2) is 11.1 Å². The normalized spacial score (nSPS) is 10.4. The molecule has 2 nitrogen and oxygen atoms in total. The predicted octanol–water partition coefficient (Wildman–Crippen LogP) is 4.15. The molecule has 0 aromatic heterocycles. The standard InChI is InChI=1S/C14H10ClFO2/c1-8-2-3-10(7-12(8)15)9-4-5-13(16)11(6-9)14(17)18/h2-7H,1H3,(H,17,18). The Hall–Kier alpha value is -1.87. The van der Waals surface area contributed by atoms with Gasteiger partial charge in [0.05, 0.1) is 5.56 Å². The lowest BCUT2D eigenvalue weighted by Gasteiger charge is -2.06. The molecule has 0 aliphatic carbocycles. The van der Waals surface area contributed by atoms with E-state index in [1.165, 1.54) is 12.1 Å². The maximum absolute atomic E-state index is 13.3. The van der Waals surface area contributed by atoms with Crippen LogP contribution in [0.3, 0.4) is 0 Å². The number of aromatic carboxylic acids is 1. The zero-order valence-electron chi connectivity index (χ0n) is 9.58. The molecule has 0 aliphatic heterocycles. The molecule has 0 spiro atoms. The van der Waals surface area contributed by atoms with Crippen LogP contribution >= 0.6 is 11.6 Å². The molecule has 2 aromatic rings. The van der Waals surface area contributed by atoms with Gasteiger partial charge >= 0.3 is 5.97 Å². The summed E-state index contributed by atoms with van der Waals surface area (Å²) in [5.74, 6) is -2.03. The molecule has 2 aromatic carbocycles. The molecule has 0 atom stereocenters. The summed E-state index contributed by atoms with van der Waals surface area (Å²) < 4.78 is 13.3. The van der Waals surface area contributed by atoms with Gasteiger partial charge in [0.25, 0.3) is 0 Å². The first-order chi connectivity index (χ1) is 8.49. The third-order valence-corrected chi connectivity index (χ3v) is 3.11. The first-order valence-corrected chi connectivity index (χ1v) is 5.66. The summed E-state index contributed by atoms with van der Waals surface area (Å²) in [4.78, 5) is 10.9. The molecule has 0 saturated carbocycles. The molecule has 0 unspecified atom stereocenters. The summed E-state index contributed by atoms with van der Waals surface area (Å²) in [5.41, 5.74) is 1.97. The van der Waals surface area contributed by atoms with Crippen molar-refractivity contribution in [3.8, 4) is 11.1 Å². The van der Waals surface area contributed by atoms with E-state index in [0.717, 1.165) is 17.2 Å². The second-order valence-corrected chi connectivity index (χ2v) is 4.37. The molecule has 2 rings (SSSR count). The highest BCUT2D eigenvalue weighted by molar-refractivity contribution is 6.31. The van der Waals surface area contributed by atoms with E-state index in [4.69, 9.17) is 16.7 Å². The Bertz CT molecular complexity index is 623. The van der Waals surface area contributed by atoms with Gasteiger partial charge in [-0.2, -0.15) is 0 Å². The van der Waals surface area contributed by atoms with Crippen molar-refractivity contribution in [3.05, 3.63) is 58.4 Å². The number of benzene rings is 2. The number of aryl methyl sites for hydroxylation is 1. The molecule has 0 saturated heterocycles. The Morgan fingerprint density at radius 2 is 1.78 bits per heavy atom. The van der Waals surface area contributed by atoms with Gasteiger partial charge in [-0.25, -0.2) is 9.18 Å². The average Bonchev–Trinajstić information content (AvgIpc) is 2.33. The number of rotatable bonds is 2. The molecule has 18 heavy (non-hydrogen) atoms. The molecular formula is C14H10ClFO2. The lowest BCUT2D eigenvalue weighted by molar-refractivity contribution is 0.0692. The van der Waals surface area contributed by atoms with Gasteiger partial charge in [-0.05, 0) is 41.8 Å². The maximum Gasteiger partial charge on any atom is 0.338 e. The Morgan fingerprint density at radius 1 is 1.17 bits per heavy atom. The molecule has 4 heteroatoms. The molecule has 0 bridgehead atoms. The summed E-state index contributed by atoms with van der Waals surface area (Å²) in [7, 11) is 0. The van der Waals surface area contributed by atoms with E-state index in [-0.39, 0.29) is 5.56 Å². The number of carbonyl (C=O) groups is 1. The minimum absolute atomic E-state index is 0.343. The fourth-order valence-electron chi connectivity index (χ4n) is 1.64. The van der Waals surface area contributed by atoms with Crippen LogP contribution in [0, 0.1) is 12.7 Å². The van der Waals surface area contributed by atoms with Crippen LogP contribution in [0.4, 0.5) is 4.39 Å². The topological polar surface area (TPSA) is 37.3 Å². The molecule has 1 N–H and O–H groups in total. The Labute approximate surface area is 109 Å². The van der Waals surface area contributed by atoms with Crippen LogP contribution < -0.4 is 0 Å². The molecular weight excluding hydrogens is 255 g/mol. The van der Waals surface area contributed by atoms with Gasteiger partial charge < -0.3 is 5.11 Å². The minimum atomic E-state index is -1.28. The van der Waals surface area contributed by atoms with Gasteiger partial charge in [0.1, 0.15) is 5.82 Å². The Balaban J connectivity index is 2.54. The van der Waals surface area contributed by atoms with Crippen molar-refractivity contribution in [2.75, 3.05) is 0 Å². The van der Waals surface area contributed by atoms with Crippen molar-refractivity contribution in [1.29, 1.82) is 0 Å². The zero-order chi connectivity index (χ0) is 13.3. The van der Waals surface area contributed by atoms with Crippen molar-refractivity contribution in [2.24, 2.45) is 0 Å². The van der Waals surface area contributed by atoms with Gasteiger partial charge in [-0.15, -0.1) is 0 Å². The summed E-state index contributed by atoms with van der Waals surface area (Å²) >= 11 is 6.01. The van der Waals surface area contributed by atoms with Gasteiger partial charge in [-0.1, -0.05) is 29.8 Å². The lowest BCUT2D eigenvalue weighted by Crippen LogP contribution is -2.00. The third-order valence-electron chi connectivity index (χ3n) is 2.70. The number of halogens is 2. The number of carboxylic acids is 1. The largest absolute Gasteiger partial charge is 0.478 e. The molecule has 0 aliphatic rings. The van der Waals surface area contributed by atoms with Gasteiger partial charge in [0, 0.05) is 5.02 Å². The van der Waals surface area contributed by atoms with Crippen LogP contribution in [-0.2, 0) is 0 Å². The quantitative estimate of drug-likeness (QED) is 0.885. The van der Waals surface area contributed by atoms with Gasteiger partial charge in [0.15, 0.2) is 0 Å². The minimum Gasteiger partial charge on any atom is -0.478 e. The fraction of sp³-hybridized carbons (Fsp3) is 0.0714. The van der Waals surface area contributed by atoms with E-state index in [0.29, 0.717) is 10.6 Å². The number of carboxylic acid groups (broad SMARTS) is 1. The summed E-state index contributed by atoms with van der Waals surface area (Å²) in [5, 5.41) is 9.46. The third kappa shape index (κ3) is 2.36. The molecule has 92 valence electrons. The van der Waals surface area contributed by atoms with Crippen molar-refractivity contribution in [2.45, 2.75) is 6.92 Å². The van der Waals surface area contributed by atoms with Gasteiger partial charge in [0.2, 0.25) is 0 Å². The van der Waals surface area contributed by atoms with Crippen LogP contribution in [0.1, 0.15) is 15.9 Å². The molecule has 0 fully saturated rings. The first-order valence-electron chi connectivity index (χ1n) is 5.28. The summed E-state index contributed by atoms with van der Waals surface area (Å²) in [6.45, 7) is 1.87. The summed E-state index contributed by atoms with van der Waals surface area (Å²) in [6.07, 6.45) is 0. The number of hydrogen-bond acceptors (Lipinski definition) is 1. The highest BCUT2D eigenvalue weighted by Crippen LogP contribution is 2.26. The Kier molecular flexibility index (Phi) is 3.34. The smallest absolute Gasteiger partial charge is 0.338 e. The van der Waals surface area contributed by atoms with Crippen LogP contribution in [0.15, 0.2) is 36.4 Å². The number of hydrogen-bond donors (Lipinski definition) is 1. The SMILES string of the molecule is Cc1ccc(-c2ccc(F)c(C(=O)O)c2)cc1Cl. The highest BCUT2D eigenvalue weighted by Gasteiger charge is 2.11. The van der Waals surface area contributed by atoms with Crippen LogP contribution in [0.5, 0.6) is 0 Å². The lowest BCUT2D eigenvalue weighted by atomic mass is 10.0. The van der Waals surface area contributed by atoms with E-state index in [1.807, 2.05) is 19.1 Å². The van der Waals surface area contributed by atoms with Gasteiger partial charge in [-0.3, -0.25) is 0 Å². The second kappa shape index (κ2) is 4.78. The maximum atomic E-state index is 13.3. The summed E-state index contributed by atoms with van der Waals surface area (Å²) in [6, 6.07) is 9.37.